The van der Waals surface area contributed by atoms with Crippen molar-refractivity contribution in [3.8, 4) is 11.1 Å². The first-order valence-corrected chi connectivity index (χ1v) is 10.0. The molecule has 4 aromatic rings. The molecule has 2 aromatic heterocycles. The van der Waals surface area contributed by atoms with Gasteiger partial charge in [-0.05, 0) is 37.6 Å². The molecule has 0 amide bonds. The second kappa shape index (κ2) is 6.76. The van der Waals surface area contributed by atoms with E-state index >= 15 is 0 Å². The Morgan fingerprint density at radius 3 is 2.66 bits per heavy atom. The number of fused-ring (bicyclic) bond motifs is 1. The predicted octanol–water partition coefficient (Wildman–Crippen LogP) is 4.93. The summed E-state index contributed by atoms with van der Waals surface area (Å²) >= 11 is 0. The molecule has 0 saturated heterocycles. The van der Waals surface area contributed by atoms with Gasteiger partial charge in [0.2, 0.25) is 0 Å². The number of nitrogens with one attached hydrogen (secondary N) is 2. The summed E-state index contributed by atoms with van der Waals surface area (Å²) in [7, 11) is -4.05. The van der Waals surface area contributed by atoms with Crippen LogP contribution in [0.5, 0.6) is 0 Å². The smallest absolute Gasteiger partial charge is 0.264 e. The Labute approximate surface area is 166 Å². The van der Waals surface area contributed by atoms with Gasteiger partial charge in [0.1, 0.15) is 16.5 Å². The minimum atomic E-state index is -4.05. The van der Waals surface area contributed by atoms with Gasteiger partial charge in [-0.15, -0.1) is 0 Å². The molecule has 0 fully saturated rings. The minimum Gasteiger partial charge on any atom is -0.361 e. The molecule has 146 valence electrons. The largest absolute Gasteiger partial charge is 0.361 e. The molecule has 4 rings (SSSR count). The van der Waals surface area contributed by atoms with Crippen LogP contribution in [0.25, 0.3) is 26.9 Å². The Kier molecular flexibility index (Phi) is 4.36. The maximum absolute atomic E-state index is 14.1. The second-order valence-corrected chi connectivity index (χ2v) is 8.14. The lowest BCUT2D eigenvalue weighted by atomic mass is 10.0. The van der Waals surface area contributed by atoms with Crippen LogP contribution in [0.3, 0.4) is 0 Å². The van der Waals surface area contributed by atoms with Gasteiger partial charge in [0.05, 0.1) is 18.0 Å². The molecule has 2 aromatic carbocycles. The van der Waals surface area contributed by atoms with Crippen molar-refractivity contribution in [3.63, 3.8) is 0 Å². The van der Waals surface area contributed by atoms with E-state index in [1.54, 1.807) is 12.1 Å². The van der Waals surface area contributed by atoms with E-state index in [1.165, 1.54) is 18.3 Å². The Hall–Kier alpha value is -3.64. The van der Waals surface area contributed by atoms with E-state index in [4.69, 9.17) is 11.1 Å². The van der Waals surface area contributed by atoms with E-state index < -0.39 is 15.8 Å². The SMILES string of the molecule is [C-]#[N+]c1ccc(NS(=O)(=O)c2c[nH]c3cc(-c4c(C)noc4C)ccc23)c(F)c1. The van der Waals surface area contributed by atoms with Gasteiger partial charge in [-0.2, -0.15) is 0 Å². The summed E-state index contributed by atoms with van der Waals surface area (Å²) in [4.78, 5) is 6.06. The zero-order valence-electron chi connectivity index (χ0n) is 15.4. The Morgan fingerprint density at radius 1 is 1.21 bits per heavy atom. The highest BCUT2D eigenvalue weighted by atomic mass is 32.2. The molecule has 2 N–H and O–H groups in total. The zero-order valence-corrected chi connectivity index (χ0v) is 16.3. The van der Waals surface area contributed by atoms with Crippen molar-refractivity contribution in [3.05, 3.63) is 71.3 Å². The van der Waals surface area contributed by atoms with E-state index in [9.17, 15) is 12.8 Å². The maximum Gasteiger partial charge on any atom is 0.264 e. The number of halogens is 1. The summed E-state index contributed by atoms with van der Waals surface area (Å²) in [6.45, 7) is 10.5. The van der Waals surface area contributed by atoms with E-state index in [0.29, 0.717) is 16.7 Å². The topological polar surface area (TPSA) is 92.3 Å². The fourth-order valence-corrected chi connectivity index (χ4v) is 4.48. The number of H-pyrrole nitrogens is 1. The van der Waals surface area contributed by atoms with Crippen LogP contribution < -0.4 is 4.72 Å². The molecule has 0 saturated carbocycles. The highest BCUT2D eigenvalue weighted by Crippen LogP contribution is 2.32. The molecule has 0 unspecified atom stereocenters. The van der Waals surface area contributed by atoms with Gasteiger partial charge in [-0.3, -0.25) is 4.72 Å². The number of aromatic nitrogens is 2. The van der Waals surface area contributed by atoms with E-state index in [1.807, 2.05) is 19.9 Å². The number of hydrogen-bond donors (Lipinski definition) is 2. The van der Waals surface area contributed by atoms with Crippen molar-refractivity contribution < 1.29 is 17.3 Å². The molecule has 9 heteroatoms. The molecular formula is C20H15FN4O3S. The average Bonchev–Trinajstić information content (AvgIpc) is 3.26. The van der Waals surface area contributed by atoms with Crippen LogP contribution >= 0.6 is 0 Å². The van der Waals surface area contributed by atoms with E-state index in [2.05, 4.69) is 19.7 Å². The van der Waals surface area contributed by atoms with Crippen LogP contribution in [0.1, 0.15) is 11.5 Å². The summed E-state index contributed by atoms with van der Waals surface area (Å²) in [5.74, 6) is -0.149. The first-order valence-electron chi connectivity index (χ1n) is 8.54. The van der Waals surface area contributed by atoms with E-state index in [0.717, 1.165) is 22.9 Å². The number of hydrogen-bond acceptors (Lipinski definition) is 4. The molecular weight excluding hydrogens is 395 g/mol. The van der Waals surface area contributed by atoms with Crippen LogP contribution in [0, 0.1) is 26.2 Å². The van der Waals surface area contributed by atoms with Crippen molar-refractivity contribution >= 4 is 32.3 Å². The van der Waals surface area contributed by atoms with Gasteiger partial charge in [-0.25, -0.2) is 17.7 Å². The predicted molar refractivity (Wildman–Crippen MR) is 107 cm³/mol. The van der Waals surface area contributed by atoms with Crippen LogP contribution in [0.15, 0.2) is 52.0 Å². The van der Waals surface area contributed by atoms with Gasteiger partial charge in [0.15, 0.2) is 5.69 Å². The lowest BCUT2D eigenvalue weighted by molar-refractivity contribution is 0.393. The normalized spacial score (nSPS) is 11.5. The van der Waals surface area contributed by atoms with Gasteiger partial charge in [0, 0.05) is 22.7 Å². The molecule has 0 aliphatic heterocycles. The fourth-order valence-electron chi connectivity index (χ4n) is 3.23. The van der Waals surface area contributed by atoms with Crippen molar-refractivity contribution in [1.82, 2.24) is 10.1 Å². The Morgan fingerprint density at radius 2 is 2.00 bits per heavy atom. The molecule has 0 radical (unpaired) electrons. The number of anilines is 1. The number of aryl methyl sites for hydroxylation is 2. The van der Waals surface area contributed by atoms with Gasteiger partial charge in [-0.1, -0.05) is 23.4 Å². The maximum atomic E-state index is 14.1. The second-order valence-electron chi connectivity index (χ2n) is 6.49. The summed E-state index contributed by atoms with van der Waals surface area (Å²) in [5.41, 5.74) is 2.90. The van der Waals surface area contributed by atoms with Gasteiger partial charge >= 0.3 is 0 Å². The average molecular weight is 410 g/mol. The summed E-state index contributed by atoms with van der Waals surface area (Å²) in [6, 6.07) is 8.83. The molecule has 0 aliphatic carbocycles. The van der Waals surface area contributed by atoms with Crippen LogP contribution in [-0.4, -0.2) is 18.6 Å². The monoisotopic (exact) mass is 410 g/mol. The molecule has 0 aliphatic rings. The molecule has 29 heavy (non-hydrogen) atoms. The van der Waals surface area contributed by atoms with Crippen LogP contribution in [0.2, 0.25) is 0 Å². The lowest BCUT2D eigenvalue weighted by Gasteiger charge is -2.09. The van der Waals surface area contributed by atoms with Gasteiger partial charge in [0.25, 0.3) is 10.0 Å². The molecule has 0 bridgehead atoms. The molecule has 2 heterocycles. The number of sulfonamides is 1. The van der Waals surface area contributed by atoms with Crippen molar-refractivity contribution in [2.45, 2.75) is 18.7 Å². The Balaban J connectivity index is 1.73. The third-order valence-corrected chi connectivity index (χ3v) is 5.99. The van der Waals surface area contributed by atoms with E-state index in [-0.39, 0.29) is 16.3 Å². The van der Waals surface area contributed by atoms with Crippen LogP contribution in [-0.2, 0) is 10.0 Å². The molecule has 0 atom stereocenters. The number of nitrogens with zero attached hydrogens (tertiary/aromatic N) is 2. The van der Waals surface area contributed by atoms with Gasteiger partial charge < -0.3 is 9.51 Å². The highest BCUT2D eigenvalue weighted by Gasteiger charge is 2.21. The summed E-state index contributed by atoms with van der Waals surface area (Å²) in [6.07, 6.45) is 1.36. The van der Waals surface area contributed by atoms with Crippen molar-refractivity contribution in [1.29, 1.82) is 0 Å². The van der Waals surface area contributed by atoms with Crippen molar-refractivity contribution in [2.24, 2.45) is 0 Å². The summed E-state index contributed by atoms with van der Waals surface area (Å²) < 4.78 is 47.2. The minimum absolute atomic E-state index is 0.00790. The third kappa shape index (κ3) is 3.23. The first-order chi connectivity index (χ1) is 13.8. The quantitative estimate of drug-likeness (QED) is 0.467. The molecule has 7 nitrogen and oxygen atoms in total. The Bertz CT molecular complexity index is 1380. The lowest BCUT2D eigenvalue weighted by Crippen LogP contribution is -2.13. The van der Waals surface area contributed by atoms with Crippen LogP contribution in [0.4, 0.5) is 15.8 Å². The van der Waals surface area contributed by atoms with Crippen molar-refractivity contribution in [2.75, 3.05) is 4.72 Å². The number of aromatic amines is 1. The summed E-state index contributed by atoms with van der Waals surface area (Å²) in [5, 5.41) is 4.40. The fraction of sp³-hybridized carbons (Fsp3) is 0.100. The third-order valence-electron chi connectivity index (χ3n) is 4.58. The molecule has 0 spiro atoms. The number of benzene rings is 2. The standard InChI is InChI=1S/C20H15FN4O3S/c1-11-20(12(2)28-24-11)13-4-6-15-18(8-13)23-10-19(15)29(26,27)25-17-7-5-14(22-3)9-16(17)21/h4-10,23,25H,1-2H3. The first kappa shape index (κ1) is 18.7. The highest BCUT2D eigenvalue weighted by molar-refractivity contribution is 7.93. The zero-order chi connectivity index (χ0) is 20.8. The number of rotatable bonds is 4.